The number of rotatable bonds is 7. The summed E-state index contributed by atoms with van der Waals surface area (Å²) in [6, 6.07) is 6.75. The minimum absolute atomic E-state index is 0.0728. The molecule has 1 aromatic heterocycles. The van der Waals surface area contributed by atoms with Gasteiger partial charge in [0.05, 0.1) is 17.2 Å². The van der Waals surface area contributed by atoms with Crippen molar-refractivity contribution in [2.45, 2.75) is 13.5 Å². The van der Waals surface area contributed by atoms with Gasteiger partial charge in [-0.05, 0) is 6.92 Å². The number of methoxy groups -OCH3 is 1. The summed E-state index contributed by atoms with van der Waals surface area (Å²) in [5, 5.41) is 18.0. The summed E-state index contributed by atoms with van der Waals surface area (Å²) in [7, 11) is 1.64. The second kappa shape index (κ2) is 6.96. The second-order valence-corrected chi connectivity index (χ2v) is 4.61. The van der Waals surface area contributed by atoms with Crippen LogP contribution in [0.25, 0.3) is 11.3 Å². The summed E-state index contributed by atoms with van der Waals surface area (Å²) in [6.07, 6.45) is 0. The molecule has 2 rings (SSSR count). The van der Waals surface area contributed by atoms with E-state index in [9.17, 15) is 10.1 Å². The molecular formula is C14H17N3O4. The molecule has 1 heterocycles. The van der Waals surface area contributed by atoms with Crippen molar-refractivity contribution in [1.29, 1.82) is 0 Å². The molecule has 21 heavy (non-hydrogen) atoms. The van der Waals surface area contributed by atoms with Gasteiger partial charge in [0.15, 0.2) is 5.76 Å². The number of nitrogens with zero attached hydrogens (tertiary/aromatic N) is 2. The normalized spacial score (nSPS) is 10.8. The van der Waals surface area contributed by atoms with Crippen molar-refractivity contribution in [2.24, 2.45) is 0 Å². The predicted molar refractivity (Wildman–Crippen MR) is 76.9 cm³/mol. The highest BCUT2D eigenvalue weighted by atomic mass is 16.6. The van der Waals surface area contributed by atoms with E-state index >= 15 is 0 Å². The maximum Gasteiger partial charge on any atom is 0.273 e. The van der Waals surface area contributed by atoms with Crippen molar-refractivity contribution >= 4 is 5.69 Å². The van der Waals surface area contributed by atoms with E-state index in [1.54, 1.807) is 32.2 Å². The number of nitrogens with one attached hydrogen (secondary N) is 1. The van der Waals surface area contributed by atoms with Gasteiger partial charge >= 0.3 is 0 Å². The molecule has 0 bridgehead atoms. The van der Waals surface area contributed by atoms with E-state index in [1.807, 2.05) is 0 Å². The van der Waals surface area contributed by atoms with Gasteiger partial charge in [0, 0.05) is 43.5 Å². The van der Waals surface area contributed by atoms with Gasteiger partial charge in [-0.15, -0.1) is 0 Å². The fourth-order valence-corrected chi connectivity index (χ4v) is 1.88. The van der Waals surface area contributed by atoms with Crippen LogP contribution in [0.2, 0.25) is 0 Å². The maximum absolute atomic E-state index is 11.0. The van der Waals surface area contributed by atoms with Crippen molar-refractivity contribution in [3.8, 4) is 11.3 Å². The van der Waals surface area contributed by atoms with Crippen LogP contribution in [-0.4, -0.2) is 30.3 Å². The first-order chi connectivity index (χ1) is 10.1. The molecule has 0 radical (unpaired) electrons. The standard InChI is InChI=1S/C14H17N3O4/c1-10-3-4-11(7-13(10)17(18)19)14-8-12(16-21-14)9-15-5-6-20-2/h3-4,7-8,15H,5-6,9H2,1-2H3. The maximum atomic E-state index is 11.0. The topological polar surface area (TPSA) is 90.4 Å². The molecule has 7 heteroatoms. The quantitative estimate of drug-likeness (QED) is 0.478. The largest absolute Gasteiger partial charge is 0.383 e. The smallest absolute Gasteiger partial charge is 0.273 e. The SMILES string of the molecule is COCCNCc1cc(-c2ccc(C)c([N+](=O)[O-])c2)on1. The molecule has 0 aliphatic carbocycles. The molecular weight excluding hydrogens is 274 g/mol. The van der Waals surface area contributed by atoms with Gasteiger partial charge in [0.25, 0.3) is 5.69 Å². The van der Waals surface area contributed by atoms with Crippen LogP contribution in [0.5, 0.6) is 0 Å². The molecule has 0 aliphatic rings. The lowest BCUT2D eigenvalue weighted by Gasteiger charge is -2.00. The Hall–Kier alpha value is -2.25. The average Bonchev–Trinajstić information content (AvgIpc) is 2.92. The summed E-state index contributed by atoms with van der Waals surface area (Å²) in [5.41, 5.74) is 2.07. The lowest BCUT2D eigenvalue weighted by Crippen LogP contribution is -2.18. The summed E-state index contributed by atoms with van der Waals surface area (Å²) < 4.78 is 10.2. The zero-order chi connectivity index (χ0) is 15.2. The van der Waals surface area contributed by atoms with Crippen LogP contribution >= 0.6 is 0 Å². The Labute approximate surface area is 122 Å². The molecule has 0 amide bonds. The van der Waals surface area contributed by atoms with Gasteiger partial charge in [0.2, 0.25) is 0 Å². The number of aromatic nitrogens is 1. The minimum Gasteiger partial charge on any atom is -0.383 e. The zero-order valence-electron chi connectivity index (χ0n) is 12.0. The van der Waals surface area contributed by atoms with Crippen LogP contribution in [-0.2, 0) is 11.3 Å². The number of aryl methyl sites for hydroxylation is 1. The fourth-order valence-electron chi connectivity index (χ4n) is 1.88. The molecule has 0 unspecified atom stereocenters. The Morgan fingerprint density at radius 1 is 1.43 bits per heavy atom. The number of hydrogen-bond acceptors (Lipinski definition) is 6. The van der Waals surface area contributed by atoms with Crippen LogP contribution in [0.3, 0.4) is 0 Å². The highest BCUT2D eigenvalue weighted by Gasteiger charge is 2.14. The lowest BCUT2D eigenvalue weighted by molar-refractivity contribution is -0.385. The van der Waals surface area contributed by atoms with Gasteiger partial charge in [-0.1, -0.05) is 17.3 Å². The number of ether oxygens (including phenoxy) is 1. The van der Waals surface area contributed by atoms with Crippen molar-refractivity contribution in [2.75, 3.05) is 20.3 Å². The number of nitro benzene ring substituents is 1. The molecule has 1 aromatic carbocycles. The molecule has 0 spiro atoms. The van der Waals surface area contributed by atoms with Gasteiger partial charge in [-0.25, -0.2) is 0 Å². The second-order valence-electron chi connectivity index (χ2n) is 4.61. The van der Waals surface area contributed by atoms with Crippen LogP contribution in [0.15, 0.2) is 28.8 Å². The van der Waals surface area contributed by atoms with Crippen molar-refractivity contribution in [3.63, 3.8) is 0 Å². The van der Waals surface area contributed by atoms with E-state index in [0.717, 1.165) is 5.69 Å². The molecule has 0 fully saturated rings. The van der Waals surface area contributed by atoms with Crippen molar-refractivity contribution < 1.29 is 14.2 Å². The molecule has 0 atom stereocenters. The molecule has 0 saturated heterocycles. The Balaban J connectivity index is 2.10. The third kappa shape index (κ3) is 3.87. The Kier molecular flexibility index (Phi) is 5.02. The molecule has 0 aliphatic heterocycles. The van der Waals surface area contributed by atoms with Gasteiger partial charge in [-0.2, -0.15) is 0 Å². The van der Waals surface area contributed by atoms with Crippen LogP contribution in [0.4, 0.5) is 5.69 Å². The van der Waals surface area contributed by atoms with Crippen molar-refractivity contribution in [3.05, 3.63) is 45.6 Å². The first-order valence-electron chi connectivity index (χ1n) is 6.52. The molecule has 112 valence electrons. The zero-order valence-corrected chi connectivity index (χ0v) is 12.0. The van der Waals surface area contributed by atoms with Gasteiger partial charge in [-0.3, -0.25) is 10.1 Å². The monoisotopic (exact) mass is 291 g/mol. The van der Waals surface area contributed by atoms with Crippen LogP contribution < -0.4 is 5.32 Å². The van der Waals surface area contributed by atoms with Crippen molar-refractivity contribution in [1.82, 2.24) is 10.5 Å². The van der Waals surface area contributed by atoms with E-state index in [1.165, 1.54) is 6.07 Å². The summed E-state index contributed by atoms with van der Waals surface area (Å²) >= 11 is 0. The van der Waals surface area contributed by atoms with Gasteiger partial charge < -0.3 is 14.6 Å². The molecule has 1 N–H and O–H groups in total. The molecule has 2 aromatic rings. The Morgan fingerprint density at radius 2 is 2.24 bits per heavy atom. The Bertz CT molecular complexity index is 624. The highest BCUT2D eigenvalue weighted by Crippen LogP contribution is 2.27. The third-order valence-corrected chi connectivity index (χ3v) is 3.04. The van der Waals surface area contributed by atoms with E-state index in [4.69, 9.17) is 9.26 Å². The fraction of sp³-hybridized carbons (Fsp3) is 0.357. The summed E-state index contributed by atoms with van der Waals surface area (Å²) in [5.74, 6) is 0.515. The molecule has 7 nitrogen and oxygen atoms in total. The van der Waals surface area contributed by atoms with E-state index < -0.39 is 4.92 Å². The highest BCUT2D eigenvalue weighted by molar-refractivity contribution is 5.62. The number of benzene rings is 1. The summed E-state index contributed by atoms with van der Waals surface area (Å²) in [4.78, 5) is 10.6. The van der Waals surface area contributed by atoms with Gasteiger partial charge in [0.1, 0.15) is 0 Å². The first-order valence-corrected chi connectivity index (χ1v) is 6.52. The third-order valence-electron chi connectivity index (χ3n) is 3.04. The number of hydrogen-bond donors (Lipinski definition) is 1. The first kappa shape index (κ1) is 15.1. The lowest BCUT2D eigenvalue weighted by atomic mass is 10.1. The summed E-state index contributed by atoms with van der Waals surface area (Å²) in [6.45, 7) is 3.60. The van der Waals surface area contributed by atoms with Crippen LogP contribution in [0.1, 0.15) is 11.3 Å². The predicted octanol–water partition coefficient (Wildman–Crippen LogP) is 2.29. The average molecular weight is 291 g/mol. The minimum atomic E-state index is -0.400. The van der Waals surface area contributed by atoms with E-state index in [0.29, 0.717) is 36.6 Å². The van der Waals surface area contributed by atoms with E-state index in [2.05, 4.69) is 10.5 Å². The number of nitro groups is 1. The molecule has 0 saturated carbocycles. The Morgan fingerprint density at radius 3 is 2.95 bits per heavy atom. The van der Waals surface area contributed by atoms with E-state index in [-0.39, 0.29) is 5.69 Å². The van der Waals surface area contributed by atoms with Crippen LogP contribution in [0, 0.1) is 17.0 Å².